The maximum atomic E-state index is 11.8. The monoisotopic (exact) mass is 280 g/mol. The quantitative estimate of drug-likeness (QED) is 0.470. The molecule has 0 saturated heterocycles. The molecule has 1 rings (SSSR count). The smallest absolute Gasteiger partial charge is 0.406 e. The highest BCUT2D eigenvalue weighted by molar-refractivity contribution is 5.94. The van der Waals surface area contributed by atoms with Crippen LogP contribution in [0, 0.1) is 0 Å². The Morgan fingerprint density at radius 1 is 1.15 bits per heavy atom. The predicted octanol–water partition coefficient (Wildman–Crippen LogP) is 0.698. The van der Waals surface area contributed by atoms with Crippen molar-refractivity contribution in [2.75, 3.05) is 20.2 Å². The molecule has 0 spiro atoms. The molecular weight excluding hydrogens is 264 g/mol. The fourth-order valence-corrected chi connectivity index (χ4v) is 1.38. The van der Waals surface area contributed by atoms with Crippen molar-refractivity contribution >= 4 is 18.0 Å². The van der Waals surface area contributed by atoms with E-state index in [9.17, 15) is 14.4 Å². The van der Waals surface area contributed by atoms with Crippen molar-refractivity contribution in [2.24, 2.45) is 0 Å². The van der Waals surface area contributed by atoms with Crippen molar-refractivity contribution in [1.82, 2.24) is 10.6 Å². The van der Waals surface area contributed by atoms with E-state index in [2.05, 4.69) is 15.4 Å². The van der Waals surface area contributed by atoms with Gasteiger partial charge in [0.2, 0.25) is 0 Å². The van der Waals surface area contributed by atoms with Crippen molar-refractivity contribution < 1.29 is 23.9 Å². The number of rotatable bonds is 5. The molecule has 1 aromatic carbocycles. The summed E-state index contributed by atoms with van der Waals surface area (Å²) in [5.41, 5.74) is 0.363. The van der Waals surface area contributed by atoms with E-state index in [4.69, 9.17) is 4.74 Å². The molecule has 0 fully saturated rings. The number of benzene rings is 1. The van der Waals surface area contributed by atoms with Gasteiger partial charge >= 0.3 is 12.1 Å². The summed E-state index contributed by atoms with van der Waals surface area (Å²) in [5, 5.41) is 5.04. The van der Waals surface area contributed by atoms with Gasteiger partial charge in [0, 0.05) is 25.6 Å². The average molecular weight is 280 g/mol. The van der Waals surface area contributed by atoms with Crippen LogP contribution in [-0.4, -0.2) is 38.2 Å². The minimum absolute atomic E-state index is 0.252. The third-order valence-corrected chi connectivity index (χ3v) is 2.22. The summed E-state index contributed by atoms with van der Waals surface area (Å²) >= 11 is 0. The van der Waals surface area contributed by atoms with Gasteiger partial charge in [0.1, 0.15) is 5.75 Å². The van der Waals surface area contributed by atoms with Crippen LogP contribution in [0.25, 0.3) is 0 Å². The number of amides is 2. The second-order valence-electron chi connectivity index (χ2n) is 3.80. The molecule has 0 radical (unpaired) electrons. The molecule has 0 aromatic heterocycles. The summed E-state index contributed by atoms with van der Waals surface area (Å²) in [4.78, 5) is 33.4. The lowest BCUT2D eigenvalue weighted by Gasteiger charge is -2.07. The van der Waals surface area contributed by atoms with Gasteiger partial charge in [-0.2, -0.15) is 0 Å². The number of nitrogens with one attached hydrogen (secondary N) is 2. The molecule has 0 aliphatic rings. The van der Waals surface area contributed by atoms with E-state index in [-0.39, 0.29) is 19.0 Å². The zero-order valence-corrected chi connectivity index (χ0v) is 11.3. The minimum Gasteiger partial charge on any atom is -0.453 e. The first kappa shape index (κ1) is 15.5. The van der Waals surface area contributed by atoms with Gasteiger partial charge in [-0.05, 0) is 18.2 Å². The largest absolute Gasteiger partial charge is 0.453 e. The van der Waals surface area contributed by atoms with Crippen LogP contribution in [0.5, 0.6) is 5.75 Å². The van der Waals surface area contributed by atoms with E-state index in [1.165, 1.54) is 20.1 Å². The van der Waals surface area contributed by atoms with Crippen LogP contribution in [0.15, 0.2) is 24.3 Å². The highest BCUT2D eigenvalue weighted by Crippen LogP contribution is 2.13. The van der Waals surface area contributed by atoms with E-state index in [1.807, 2.05) is 0 Å². The van der Waals surface area contributed by atoms with Crippen molar-refractivity contribution in [3.05, 3.63) is 29.8 Å². The zero-order valence-electron chi connectivity index (χ0n) is 11.3. The Hall–Kier alpha value is -2.57. The number of esters is 1. The van der Waals surface area contributed by atoms with Crippen LogP contribution in [0.4, 0.5) is 4.79 Å². The fraction of sp³-hybridized carbons (Fsp3) is 0.308. The summed E-state index contributed by atoms with van der Waals surface area (Å²) in [6, 6.07) is 6.25. The number of methoxy groups -OCH3 is 1. The van der Waals surface area contributed by atoms with Crippen LogP contribution in [0.3, 0.4) is 0 Å². The van der Waals surface area contributed by atoms with Crippen molar-refractivity contribution in [3.63, 3.8) is 0 Å². The van der Waals surface area contributed by atoms with Gasteiger partial charge in [-0.3, -0.25) is 9.59 Å². The Labute approximate surface area is 116 Å². The number of alkyl carbamates (subject to hydrolysis) is 1. The molecule has 2 amide bonds. The maximum Gasteiger partial charge on any atom is 0.406 e. The Morgan fingerprint density at radius 3 is 2.50 bits per heavy atom. The Bertz CT molecular complexity index is 501. The molecule has 0 atom stereocenters. The van der Waals surface area contributed by atoms with Crippen LogP contribution in [0.2, 0.25) is 0 Å². The summed E-state index contributed by atoms with van der Waals surface area (Å²) in [6.45, 7) is 1.79. The van der Waals surface area contributed by atoms with Crippen LogP contribution >= 0.6 is 0 Å². The molecule has 0 aliphatic heterocycles. The SMILES string of the molecule is COC(=O)NCCNC(=O)c1cccc(OC(C)=O)c1. The normalized spacial score (nSPS) is 9.50. The Morgan fingerprint density at radius 2 is 1.85 bits per heavy atom. The fourth-order valence-electron chi connectivity index (χ4n) is 1.38. The second kappa shape index (κ2) is 7.78. The van der Waals surface area contributed by atoms with Crippen molar-refractivity contribution in [2.45, 2.75) is 6.92 Å². The lowest BCUT2D eigenvalue weighted by Crippen LogP contribution is -2.34. The molecule has 0 aliphatic carbocycles. The van der Waals surface area contributed by atoms with Crippen molar-refractivity contribution in [3.8, 4) is 5.75 Å². The van der Waals surface area contributed by atoms with E-state index in [1.54, 1.807) is 18.2 Å². The highest BCUT2D eigenvalue weighted by Gasteiger charge is 2.07. The van der Waals surface area contributed by atoms with Gasteiger partial charge in [-0.1, -0.05) is 6.07 Å². The summed E-state index contributed by atoms with van der Waals surface area (Å²) in [6.07, 6.45) is -0.559. The highest BCUT2D eigenvalue weighted by atomic mass is 16.5. The van der Waals surface area contributed by atoms with Gasteiger partial charge in [-0.15, -0.1) is 0 Å². The number of carbonyl (C=O) groups excluding carboxylic acids is 3. The summed E-state index contributed by atoms with van der Waals surface area (Å²) < 4.78 is 9.27. The van der Waals surface area contributed by atoms with E-state index < -0.39 is 12.1 Å². The standard InChI is InChI=1S/C13H16N2O5/c1-9(16)20-11-5-3-4-10(8-11)12(17)14-6-7-15-13(18)19-2/h3-5,8H,6-7H2,1-2H3,(H,14,17)(H,15,18). The molecule has 20 heavy (non-hydrogen) atoms. The lowest BCUT2D eigenvalue weighted by molar-refractivity contribution is -0.131. The van der Waals surface area contributed by atoms with Gasteiger partial charge in [0.15, 0.2) is 0 Å². The zero-order chi connectivity index (χ0) is 15.0. The molecule has 0 unspecified atom stereocenters. The van der Waals surface area contributed by atoms with Crippen LogP contribution in [-0.2, 0) is 9.53 Å². The number of ether oxygens (including phenoxy) is 2. The van der Waals surface area contributed by atoms with Gasteiger partial charge < -0.3 is 20.1 Å². The number of hydrogen-bond donors (Lipinski definition) is 2. The minimum atomic E-state index is -0.559. The molecule has 7 nitrogen and oxygen atoms in total. The van der Waals surface area contributed by atoms with Crippen LogP contribution in [0.1, 0.15) is 17.3 Å². The predicted molar refractivity (Wildman–Crippen MR) is 70.5 cm³/mol. The first-order valence-electron chi connectivity index (χ1n) is 5.91. The topological polar surface area (TPSA) is 93.7 Å². The number of carbonyl (C=O) groups is 3. The average Bonchev–Trinajstić information content (AvgIpc) is 2.42. The van der Waals surface area contributed by atoms with E-state index in [0.29, 0.717) is 11.3 Å². The summed E-state index contributed by atoms with van der Waals surface area (Å²) in [7, 11) is 1.26. The molecular formula is C13H16N2O5. The molecule has 0 heterocycles. The van der Waals surface area contributed by atoms with Gasteiger partial charge in [-0.25, -0.2) is 4.79 Å². The van der Waals surface area contributed by atoms with E-state index in [0.717, 1.165) is 0 Å². The van der Waals surface area contributed by atoms with Gasteiger partial charge in [0.05, 0.1) is 7.11 Å². The van der Waals surface area contributed by atoms with Gasteiger partial charge in [0.25, 0.3) is 5.91 Å². The lowest BCUT2D eigenvalue weighted by atomic mass is 10.2. The second-order valence-corrected chi connectivity index (χ2v) is 3.80. The third-order valence-electron chi connectivity index (χ3n) is 2.22. The maximum absolute atomic E-state index is 11.8. The molecule has 0 saturated carbocycles. The molecule has 1 aromatic rings. The first-order valence-corrected chi connectivity index (χ1v) is 5.91. The van der Waals surface area contributed by atoms with Crippen LogP contribution < -0.4 is 15.4 Å². The molecule has 0 bridgehead atoms. The van der Waals surface area contributed by atoms with E-state index >= 15 is 0 Å². The third kappa shape index (κ3) is 5.38. The molecule has 2 N–H and O–H groups in total. The Kier molecular flexibility index (Phi) is 6.02. The first-order chi connectivity index (χ1) is 9.52. The molecule has 108 valence electrons. The van der Waals surface area contributed by atoms with Crippen molar-refractivity contribution in [1.29, 1.82) is 0 Å². The number of hydrogen-bond acceptors (Lipinski definition) is 5. The summed E-state index contributed by atoms with van der Waals surface area (Å²) in [5.74, 6) is -0.478. The Balaban J connectivity index is 2.47. The molecule has 7 heteroatoms.